The van der Waals surface area contributed by atoms with Gasteiger partial charge in [-0.1, -0.05) is 20.8 Å². The van der Waals surface area contributed by atoms with E-state index in [-0.39, 0.29) is 5.82 Å². The van der Waals surface area contributed by atoms with Gasteiger partial charge in [0.05, 0.1) is 6.61 Å². The molecule has 0 fully saturated rings. The molecule has 0 unspecified atom stereocenters. The Balaban J connectivity index is 2.82. The van der Waals surface area contributed by atoms with E-state index in [1.165, 1.54) is 6.20 Å². The van der Waals surface area contributed by atoms with Gasteiger partial charge in [0.25, 0.3) is 0 Å². The highest BCUT2D eigenvalue weighted by atomic mass is 16.6. The molecule has 0 aliphatic rings. The van der Waals surface area contributed by atoms with Crippen molar-refractivity contribution in [2.45, 2.75) is 27.2 Å². The molecule has 0 saturated heterocycles. The number of carbonyl (C=O) groups is 1. The van der Waals surface area contributed by atoms with E-state index in [0.717, 1.165) is 6.42 Å². The lowest BCUT2D eigenvalue weighted by atomic mass is 10.2. The molecule has 0 atom stereocenters. The number of aromatic nitrogens is 2. The van der Waals surface area contributed by atoms with Gasteiger partial charge < -0.3 is 4.74 Å². The fraction of sp³-hybridized carbons (Fsp3) is 0.538. The molecule has 1 aromatic rings. The molecule has 0 aliphatic heterocycles. The van der Waals surface area contributed by atoms with E-state index in [2.05, 4.69) is 15.4 Å². The van der Waals surface area contributed by atoms with Crippen LogP contribution in [0.25, 0.3) is 0 Å². The molecule has 0 radical (unpaired) electrons. The third-order valence-corrected chi connectivity index (χ3v) is 2.23. The van der Waals surface area contributed by atoms with Crippen LogP contribution in [-0.4, -0.2) is 29.2 Å². The molecule has 0 spiro atoms. The number of nitrogens with zero attached hydrogens (tertiary/aromatic N) is 4. The molecular weight excluding hydrogens is 258 g/mol. The number of hydrogen-bond acceptors (Lipinski definition) is 6. The van der Waals surface area contributed by atoms with Crippen molar-refractivity contribution >= 4 is 11.9 Å². The number of ether oxygens (including phenoxy) is 1. The van der Waals surface area contributed by atoms with Gasteiger partial charge >= 0.3 is 6.09 Å². The molecule has 1 amide bonds. The van der Waals surface area contributed by atoms with E-state index in [1.54, 1.807) is 11.1 Å². The van der Waals surface area contributed by atoms with Crippen molar-refractivity contribution in [1.29, 1.82) is 5.26 Å². The van der Waals surface area contributed by atoms with Crippen LogP contribution in [0.5, 0.6) is 0 Å². The summed E-state index contributed by atoms with van der Waals surface area (Å²) in [4.78, 5) is 19.5. The van der Waals surface area contributed by atoms with Gasteiger partial charge in [-0.15, -0.1) is 0 Å². The van der Waals surface area contributed by atoms with Crippen LogP contribution in [-0.2, 0) is 4.74 Å². The second-order valence-corrected chi connectivity index (χ2v) is 4.60. The number of amides is 1. The van der Waals surface area contributed by atoms with E-state index in [1.807, 2.05) is 26.8 Å². The summed E-state index contributed by atoms with van der Waals surface area (Å²) in [6.45, 7) is 6.84. The number of hydrazine groups is 1. The van der Waals surface area contributed by atoms with Crippen LogP contribution in [0.15, 0.2) is 12.3 Å². The highest BCUT2D eigenvalue weighted by Gasteiger charge is 2.14. The van der Waals surface area contributed by atoms with Crippen LogP contribution in [0, 0.1) is 17.2 Å². The van der Waals surface area contributed by atoms with Crippen molar-refractivity contribution in [3.63, 3.8) is 0 Å². The maximum Gasteiger partial charge on any atom is 0.426 e. The Morgan fingerprint density at radius 1 is 1.60 bits per heavy atom. The zero-order valence-electron chi connectivity index (χ0n) is 12.0. The molecule has 1 N–H and O–H groups in total. The molecule has 108 valence electrons. The SMILES string of the molecule is CCCOC(=O)NN(CC(C)C)c1ccnc(C#N)n1. The molecule has 7 heteroatoms. The first-order valence-electron chi connectivity index (χ1n) is 6.51. The lowest BCUT2D eigenvalue weighted by molar-refractivity contribution is 0.144. The van der Waals surface area contributed by atoms with E-state index in [9.17, 15) is 4.79 Å². The van der Waals surface area contributed by atoms with Gasteiger partial charge in [-0.25, -0.2) is 15.2 Å². The van der Waals surface area contributed by atoms with Crippen molar-refractivity contribution in [3.8, 4) is 6.07 Å². The maximum absolute atomic E-state index is 11.6. The molecule has 20 heavy (non-hydrogen) atoms. The molecule has 7 nitrogen and oxygen atoms in total. The van der Waals surface area contributed by atoms with E-state index >= 15 is 0 Å². The minimum Gasteiger partial charge on any atom is -0.448 e. The summed E-state index contributed by atoms with van der Waals surface area (Å²) >= 11 is 0. The number of nitriles is 1. The van der Waals surface area contributed by atoms with Gasteiger partial charge in [0.15, 0.2) is 5.82 Å². The summed E-state index contributed by atoms with van der Waals surface area (Å²) in [5.74, 6) is 0.806. The minimum atomic E-state index is -0.537. The third kappa shape index (κ3) is 5.10. The predicted molar refractivity (Wildman–Crippen MR) is 73.7 cm³/mol. The normalized spacial score (nSPS) is 9.95. The highest BCUT2D eigenvalue weighted by molar-refractivity contribution is 5.69. The van der Waals surface area contributed by atoms with Gasteiger partial charge in [0.1, 0.15) is 6.07 Å². The Labute approximate surface area is 118 Å². The zero-order chi connectivity index (χ0) is 15.0. The molecule has 1 aromatic heterocycles. The molecule has 0 bridgehead atoms. The van der Waals surface area contributed by atoms with Gasteiger partial charge in [-0.2, -0.15) is 10.2 Å². The van der Waals surface area contributed by atoms with Crippen molar-refractivity contribution in [2.75, 3.05) is 18.2 Å². The van der Waals surface area contributed by atoms with Crippen LogP contribution < -0.4 is 10.4 Å². The van der Waals surface area contributed by atoms with Crippen LogP contribution in [0.4, 0.5) is 10.6 Å². The quantitative estimate of drug-likeness (QED) is 0.798. The van der Waals surface area contributed by atoms with Crippen LogP contribution >= 0.6 is 0 Å². The average molecular weight is 277 g/mol. The van der Waals surface area contributed by atoms with Crippen molar-refractivity contribution in [1.82, 2.24) is 15.4 Å². The Hall–Kier alpha value is -2.36. The maximum atomic E-state index is 11.6. The number of hydrogen-bond donors (Lipinski definition) is 1. The van der Waals surface area contributed by atoms with E-state index in [4.69, 9.17) is 10.00 Å². The lowest BCUT2D eigenvalue weighted by Crippen LogP contribution is -2.45. The minimum absolute atomic E-state index is 0.0555. The topological polar surface area (TPSA) is 91.1 Å². The first-order chi connectivity index (χ1) is 9.56. The summed E-state index contributed by atoms with van der Waals surface area (Å²) in [6.07, 6.45) is 1.70. The van der Waals surface area contributed by atoms with Crippen LogP contribution in [0.1, 0.15) is 33.0 Å². The monoisotopic (exact) mass is 277 g/mol. The first-order valence-corrected chi connectivity index (χ1v) is 6.51. The Kier molecular flexibility index (Phi) is 6.23. The summed E-state index contributed by atoms with van der Waals surface area (Å²) in [7, 11) is 0. The highest BCUT2D eigenvalue weighted by Crippen LogP contribution is 2.10. The van der Waals surface area contributed by atoms with Gasteiger partial charge in [-0.3, -0.25) is 5.01 Å². The standard InChI is InChI=1S/C13H19N5O2/c1-4-7-20-13(19)17-18(9-10(2)3)12-5-6-15-11(8-14)16-12/h5-6,10H,4,7,9H2,1-3H3,(H,17,19). The average Bonchev–Trinajstić information content (AvgIpc) is 2.44. The smallest absolute Gasteiger partial charge is 0.426 e. The zero-order valence-corrected chi connectivity index (χ0v) is 12.0. The second-order valence-electron chi connectivity index (χ2n) is 4.60. The molecular formula is C13H19N5O2. The number of carbonyl (C=O) groups excluding carboxylic acids is 1. The summed E-state index contributed by atoms with van der Waals surface area (Å²) in [6, 6.07) is 3.50. The van der Waals surface area contributed by atoms with Crippen LogP contribution in [0.2, 0.25) is 0 Å². The number of anilines is 1. The summed E-state index contributed by atoms with van der Waals surface area (Å²) < 4.78 is 4.98. The van der Waals surface area contributed by atoms with Gasteiger partial charge in [0.2, 0.25) is 5.82 Å². The Bertz CT molecular complexity index is 484. The number of rotatable bonds is 6. The molecule has 0 saturated carbocycles. The van der Waals surface area contributed by atoms with Gasteiger partial charge in [0, 0.05) is 18.8 Å². The van der Waals surface area contributed by atoms with E-state index < -0.39 is 6.09 Å². The first kappa shape index (κ1) is 15.7. The molecule has 1 heterocycles. The lowest BCUT2D eigenvalue weighted by Gasteiger charge is -2.25. The van der Waals surface area contributed by atoms with Crippen LogP contribution in [0.3, 0.4) is 0 Å². The fourth-order valence-electron chi connectivity index (χ4n) is 1.45. The van der Waals surface area contributed by atoms with Crippen molar-refractivity contribution < 1.29 is 9.53 Å². The van der Waals surface area contributed by atoms with Gasteiger partial charge in [-0.05, 0) is 12.3 Å². The second kappa shape index (κ2) is 7.94. The predicted octanol–water partition coefficient (Wildman–Crippen LogP) is 1.86. The number of nitrogens with one attached hydrogen (secondary N) is 1. The molecule has 0 aliphatic carbocycles. The summed E-state index contributed by atoms with van der Waals surface area (Å²) in [5, 5.41) is 10.4. The molecule has 1 rings (SSSR count). The summed E-state index contributed by atoms with van der Waals surface area (Å²) in [5.41, 5.74) is 2.62. The fourth-order valence-corrected chi connectivity index (χ4v) is 1.45. The Morgan fingerprint density at radius 2 is 2.35 bits per heavy atom. The van der Waals surface area contributed by atoms with Crippen molar-refractivity contribution in [3.05, 3.63) is 18.1 Å². The van der Waals surface area contributed by atoms with Crippen molar-refractivity contribution in [2.24, 2.45) is 5.92 Å². The third-order valence-electron chi connectivity index (χ3n) is 2.23. The largest absolute Gasteiger partial charge is 0.448 e. The van der Waals surface area contributed by atoms with E-state index in [0.29, 0.717) is 24.9 Å². The Morgan fingerprint density at radius 3 is 2.95 bits per heavy atom. The molecule has 0 aromatic carbocycles.